The Labute approximate surface area is 183 Å². The number of hydrogen-bond donors (Lipinski definition) is 1. The summed E-state index contributed by atoms with van der Waals surface area (Å²) < 4.78 is 7.46. The van der Waals surface area contributed by atoms with E-state index in [1.165, 1.54) is 27.4 Å². The van der Waals surface area contributed by atoms with Gasteiger partial charge in [-0.3, -0.25) is 0 Å². The van der Waals surface area contributed by atoms with Gasteiger partial charge in [0.25, 0.3) is 0 Å². The van der Waals surface area contributed by atoms with Crippen LogP contribution in [0.4, 0.5) is 0 Å². The summed E-state index contributed by atoms with van der Waals surface area (Å²) >= 11 is 0. The van der Waals surface area contributed by atoms with Gasteiger partial charge < -0.3 is 14.4 Å². The van der Waals surface area contributed by atoms with E-state index in [2.05, 4.69) is 72.2 Å². The summed E-state index contributed by atoms with van der Waals surface area (Å²) in [6, 6.07) is 20.8. The summed E-state index contributed by atoms with van der Waals surface area (Å²) in [6.07, 6.45) is 11.8. The molecule has 3 nitrogen and oxygen atoms in total. The summed E-state index contributed by atoms with van der Waals surface area (Å²) in [5.41, 5.74) is 4.83. The molecular formula is C28H29NO2. The van der Waals surface area contributed by atoms with E-state index in [1.54, 1.807) is 19.2 Å². The third-order valence-corrected chi connectivity index (χ3v) is 5.68. The first kappa shape index (κ1) is 20.8. The minimum atomic E-state index is 0.173. The molecule has 0 fully saturated rings. The highest BCUT2D eigenvalue weighted by molar-refractivity contribution is 6.08. The lowest BCUT2D eigenvalue weighted by Crippen LogP contribution is -1.92. The van der Waals surface area contributed by atoms with Crippen molar-refractivity contribution < 1.29 is 9.84 Å². The molecule has 0 bridgehead atoms. The molecule has 0 atom stereocenters. The fourth-order valence-corrected chi connectivity index (χ4v) is 4.12. The number of aromatic hydroxyl groups is 1. The Morgan fingerprint density at radius 3 is 2.23 bits per heavy atom. The van der Waals surface area contributed by atoms with Crippen molar-refractivity contribution in [2.45, 2.75) is 32.7 Å². The van der Waals surface area contributed by atoms with Gasteiger partial charge in [-0.2, -0.15) is 0 Å². The van der Waals surface area contributed by atoms with Gasteiger partial charge in [0.15, 0.2) is 11.5 Å². The van der Waals surface area contributed by atoms with Crippen molar-refractivity contribution in [2.75, 3.05) is 7.11 Å². The summed E-state index contributed by atoms with van der Waals surface area (Å²) in [5.74, 6) is 0.673. The number of para-hydroxylation sites is 1. The number of benzene rings is 3. The smallest absolute Gasteiger partial charge is 0.160 e. The molecule has 1 heterocycles. The molecule has 4 rings (SSSR count). The van der Waals surface area contributed by atoms with E-state index in [4.69, 9.17) is 4.74 Å². The van der Waals surface area contributed by atoms with E-state index in [0.29, 0.717) is 5.75 Å². The molecule has 0 amide bonds. The molecule has 0 unspecified atom stereocenters. The number of ether oxygens (including phenoxy) is 1. The lowest BCUT2D eigenvalue weighted by molar-refractivity contribution is 0.373. The van der Waals surface area contributed by atoms with Gasteiger partial charge in [0.05, 0.1) is 7.11 Å². The van der Waals surface area contributed by atoms with E-state index in [9.17, 15) is 5.11 Å². The van der Waals surface area contributed by atoms with Crippen molar-refractivity contribution in [2.24, 2.45) is 0 Å². The van der Waals surface area contributed by atoms with E-state index < -0.39 is 0 Å². The van der Waals surface area contributed by atoms with Gasteiger partial charge in [-0.1, -0.05) is 54.6 Å². The van der Waals surface area contributed by atoms with Crippen LogP contribution in [0.3, 0.4) is 0 Å². The van der Waals surface area contributed by atoms with Crippen molar-refractivity contribution in [1.82, 2.24) is 4.57 Å². The molecule has 1 N–H and O–H groups in total. The average molecular weight is 412 g/mol. The fraction of sp³-hybridized carbons (Fsp3) is 0.214. The van der Waals surface area contributed by atoms with Crippen LogP contribution < -0.4 is 4.74 Å². The molecule has 158 valence electrons. The fourth-order valence-electron chi connectivity index (χ4n) is 4.12. The third-order valence-electron chi connectivity index (χ3n) is 5.68. The van der Waals surface area contributed by atoms with Gasteiger partial charge in [-0.15, -0.1) is 0 Å². The molecule has 4 aromatic rings. The van der Waals surface area contributed by atoms with Gasteiger partial charge in [0.2, 0.25) is 0 Å². The molecule has 0 radical (unpaired) electrons. The predicted octanol–water partition coefficient (Wildman–Crippen LogP) is 7.43. The molecule has 3 aromatic carbocycles. The molecule has 0 saturated carbocycles. The van der Waals surface area contributed by atoms with Crippen LogP contribution in [0.15, 0.2) is 72.8 Å². The van der Waals surface area contributed by atoms with Crippen molar-refractivity contribution in [3.05, 3.63) is 83.9 Å². The van der Waals surface area contributed by atoms with E-state index >= 15 is 0 Å². The maximum Gasteiger partial charge on any atom is 0.160 e. The SMILES string of the molecule is CCn1c2ccccc2c2cc(/C=C/CCC/C=C/c3ccc(OC)c(O)c3)ccc21. The van der Waals surface area contributed by atoms with Crippen LogP contribution in [0.2, 0.25) is 0 Å². The number of aromatic nitrogens is 1. The number of phenolic OH excluding ortho intramolecular Hbond substituents is 1. The minimum Gasteiger partial charge on any atom is -0.504 e. The zero-order valence-electron chi connectivity index (χ0n) is 18.2. The van der Waals surface area contributed by atoms with Crippen LogP contribution in [-0.2, 0) is 6.54 Å². The number of rotatable bonds is 8. The van der Waals surface area contributed by atoms with Crippen LogP contribution >= 0.6 is 0 Å². The van der Waals surface area contributed by atoms with Crippen LogP contribution in [-0.4, -0.2) is 16.8 Å². The van der Waals surface area contributed by atoms with Crippen molar-refractivity contribution in [3.8, 4) is 11.5 Å². The highest BCUT2D eigenvalue weighted by Crippen LogP contribution is 2.30. The quantitative estimate of drug-likeness (QED) is 0.306. The number of allylic oxidation sites excluding steroid dienone is 2. The second kappa shape index (κ2) is 9.57. The van der Waals surface area contributed by atoms with Gasteiger partial charge in [-0.05, 0) is 67.6 Å². The number of hydrogen-bond acceptors (Lipinski definition) is 2. The molecule has 0 aliphatic heterocycles. The lowest BCUT2D eigenvalue weighted by atomic mass is 10.1. The van der Waals surface area contributed by atoms with Gasteiger partial charge in [0.1, 0.15) is 0 Å². The first-order valence-electron chi connectivity index (χ1n) is 10.9. The molecule has 0 aliphatic carbocycles. The Morgan fingerprint density at radius 1 is 0.839 bits per heavy atom. The van der Waals surface area contributed by atoms with Crippen molar-refractivity contribution in [3.63, 3.8) is 0 Å². The second-order valence-electron chi connectivity index (χ2n) is 7.70. The Morgan fingerprint density at radius 2 is 1.52 bits per heavy atom. The van der Waals surface area contributed by atoms with Gasteiger partial charge >= 0.3 is 0 Å². The normalized spacial score (nSPS) is 11.9. The molecule has 3 heteroatoms. The van der Waals surface area contributed by atoms with Crippen molar-refractivity contribution in [1.29, 1.82) is 0 Å². The van der Waals surface area contributed by atoms with E-state index in [-0.39, 0.29) is 5.75 Å². The molecule has 1 aromatic heterocycles. The number of phenols is 1. The highest BCUT2D eigenvalue weighted by Gasteiger charge is 2.08. The van der Waals surface area contributed by atoms with Gasteiger partial charge in [0, 0.05) is 28.4 Å². The zero-order chi connectivity index (χ0) is 21.6. The Hall–Kier alpha value is -3.46. The minimum absolute atomic E-state index is 0.173. The van der Waals surface area contributed by atoms with Crippen molar-refractivity contribution >= 4 is 34.0 Å². The summed E-state index contributed by atoms with van der Waals surface area (Å²) in [4.78, 5) is 0. The van der Waals surface area contributed by atoms with Gasteiger partial charge in [-0.25, -0.2) is 0 Å². The number of fused-ring (bicyclic) bond motifs is 3. The first-order chi connectivity index (χ1) is 15.2. The molecule has 31 heavy (non-hydrogen) atoms. The summed E-state index contributed by atoms with van der Waals surface area (Å²) in [5, 5.41) is 12.5. The topological polar surface area (TPSA) is 34.4 Å². The molecular weight excluding hydrogens is 382 g/mol. The van der Waals surface area contributed by atoms with E-state index in [1.807, 2.05) is 12.1 Å². The zero-order valence-corrected chi connectivity index (χ0v) is 18.2. The highest BCUT2D eigenvalue weighted by atomic mass is 16.5. The van der Waals surface area contributed by atoms with Crippen LogP contribution in [0.1, 0.15) is 37.3 Å². The van der Waals surface area contributed by atoms with Crippen LogP contribution in [0.5, 0.6) is 11.5 Å². The maximum absolute atomic E-state index is 9.84. The molecule has 0 saturated heterocycles. The second-order valence-corrected chi connectivity index (χ2v) is 7.70. The van der Waals surface area contributed by atoms with Crippen LogP contribution in [0, 0.1) is 0 Å². The number of aryl methyl sites for hydroxylation is 1. The number of unbranched alkanes of at least 4 members (excludes halogenated alkanes) is 2. The monoisotopic (exact) mass is 411 g/mol. The molecule has 0 spiro atoms. The Bertz CT molecular complexity index is 1250. The maximum atomic E-state index is 9.84. The van der Waals surface area contributed by atoms with Crippen LogP contribution in [0.25, 0.3) is 34.0 Å². The summed E-state index contributed by atoms with van der Waals surface area (Å²) in [7, 11) is 1.56. The van der Waals surface area contributed by atoms with E-state index in [0.717, 1.165) is 31.4 Å². The summed E-state index contributed by atoms with van der Waals surface area (Å²) in [6.45, 7) is 3.17. The number of methoxy groups -OCH3 is 1. The largest absolute Gasteiger partial charge is 0.504 e. The Kier molecular flexibility index (Phi) is 6.42. The average Bonchev–Trinajstić information content (AvgIpc) is 3.11. The third kappa shape index (κ3) is 4.51. The lowest BCUT2D eigenvalue weighted by Gasteiger charge is -2.03. The predicted molar refractivity (Wildman–Crippen MR) is 132 cm³/mol. The Balaban J connectivity index is 1.36. The molecule has 0 aliphatic rings. The number of nitrogens with zero attached hydrogens (tertiary/aromatic N) is 1. The standard InChI is InChI=1S/C28H29NO2/c1-3-29-25-14-10-9-13-23(25)24-19-21(15-17-26(24)29)11-7-5-4-6-8-12-22-16-18-28(31-2)27(30)20-22/h7-20,30H,3-6H2,1-2H3/b11-7+,12-8+. The first-order valence-corrected chi connectivity index (χ1v) is 10.9.